The Labute approximate surface area is 137 Å². The maximum atomic E-state index is 12.4. The molecule has 0 bridgehead atoms. The number of carbonyl (C=O) groups excluding carboxylic acids is 1. The zero-order chi connectivity index (χ0) is 16.8. The molecule has 1 N–H and O–H groups in total. The first-order valence-corrected chi connectivity index (χ1v) is 8.57. The SMILES string of the molecule is CCCCC1CCC(C(=O)Nc2ccc(C)cc2[N+](=O)[O-])CC1. The highest BCUT2D eigenvalue weighted by Gasteiger charge is 2.27. The Bertz CT molecular complexity index is 563. The highest BCUT2D eigenvalue weighted by molar-refractivity contribution is 5.94. The van der Waals surface area contributed by atoms with E-state index in [4.69, 9.17) is 0 Å². The van der Waals surface area contributed by atoms with Gasteiger partial charge in [-0.05, 0) is 50.2 Å². The fourth-order valence-electron chi connectivity index (χ4n) is 3.34. The molecule has 0 unspecified atom stereocenters. The number of rotatable bonds is 6. The number of nitrogens with zero attached hydrogens (tertiary/aromatic N) is 1. The number of amides is 1. The van der Waals surface area contributed by atoms with Gasteiger partial charge in [0.05, 0.1) is 4.92 Å². The molecule has 1 aromatic carbocycles. The Morgan fingerprint density at radius 2 is 2.00 bits per heavy atom. The van der Waals surface area contributed by atoms with E-state index < -0.39 is 4.92 Å². The van der Waals surface area contributed by atoms with Gasteiger partial charge >= 0.3 is 0 Å². The van der Waals surface area contributed by atoms with Crippen LogP contribution in [0.5, 0.6) is 0 Å². The molecule has 1 saturated carbocycles. The lowest BCUT2D eigenvalue weighted by molar-refractivity contribution is -0.384. The number of benzene rings is 1. The van der Waals surface area contributed by atoms with Gasteiger partial charge in [0, 0.05) is 12.0 Å². The molecule has 23 heavy (non-hydrogen) atoms. The van der Waals surface area contributed by atoms with Crippen molar-refractivity contribution in [2.24, 2.45) is 11.8 Å². The van der Waals surface area contributed by atoms with Crippen LogP contribution in [0.15, 0.2) is 18.2 Å². The summed E-state index contributed by atoms with van der Waals surface area (Å²) in [6.07, 6.45) is 7.70. The molecule has 1 fully saturated rings. The maximum Gasteiger partial charge on any atom is 0.293 e. The average molecular weight is 318 g/mol. The Morgan fingerprint density at radius 3 is 2.61 bits per heavy atom. The zero-order valence-corrected chi connectivity index (χ0v) is 14.0. The molecule has 0 aliphatic heterocycles. The van der Waals surface area contributed by atoms with E-state index in [1.165, 1.54) is 25.3 Å². The molecule has 0 spiro atoms. The van der Waals surface area contributed by atoms with Gasteiger partial charge in [-0.25, -0.2) is 0 Å². The highest BCUT2D eigenvalue weighted by atomic mass is 16.6. The number of carbonyl (C=O) groups is 1. The van der Waals surface area contributed by atoms with Crippen molar-refractivity contribution >= 4 is 17.3 Å². The number of unbranched alkanes of at least 4 members (excludes halogenated alkanes) is 1. The highest BCUT2D eigenvalue weighted by Crippen LogP contribution is 2.33. The Hall–Kier alpha value is -1.91. The van der Waals surface area contributed by atoms with E-state index in [1.54, 1.807) is 19.1 Å². The minimum absolute atomic E-state index is 0.0196. The second-order valence-corrected chi connectivity index (χ2v) is 6.63. The lowest BCUT2D eigenvalue weighted by atomic mass is 9.79. The summed E-state index contributed by atoms with van der Waals surface area (Å²) in [5.74, 6) is 0.646. The molecule has 2 rings (SSSR count). The predicted molar refractivity (Wildman–Crippen MR) is 91.4 cm³/mol. The van der Waals surface area contributed by atoms with Crippen LogP contribution < -0.4 is 5.32 Å². The number of nitro benzene ring substituents is 1. The van der Waals surface area contributed by atoms with Gasteiger partial charge in [0.25, 0.3) is 5.69 Å². The maximum absolute atomic E-state index is 12.4. The van der Waals surface area contributed by atoms with Crippen LogP contribution in [0, 0.1) is 28.9 Å². The van der Waals surface area contributed by atoms with Crippen LogP contribution in [-0.2, 0) is 4.79 Å². The second-order valence-electron chi connectivity index (χ2n) is 6.63. The van der Waals surface area contributed by atoms with Gasteiger partial charge in [0.1, 0.15) is 5.69 Å². The topological polar surface area (TPSA) is 72.2 Å². The van der Waals surface area contributed by atoms with Crippen LogP contribution in [0.1, 0.15) is 57.4 Å². The second kappa shape index (κ2) is 8.09. The number of aryl methyl sites for hydroxylation is 1. The largest absolute Gasteiger partial charge is 0.320 e. The van der Waals surface area contributed by atoms with Crippen LogP contribution in [-0.4, -0.2) is 10.8 Å². The van der Waals surface area contributed by atoms with Crippen LogP contribution in [0.2, 0.25) is 0 Å². The smallest absolute Gasteiger partial charge is 0.293 e. The number of nitro groups is 1. The summed E-state index contributed by atoms with van der Waals surface area (Å²) in [6, 6.07) is 4.90. The molecule has 0 radical (unpaired) electrons. The summed E-state index contributed by atoms with van der Waals surface area (Å²) in [5.41, 5.74) is 1.08. The van der Waals surface area contributed by atoms with Crippen molar-refractivity contribution in [3.63, 3.8) is 0 Å². The summed E-state index contributed by atoms with van der Waals surface area (Å²) in [5, 5.41) is 13.9. The van der Waals surface area contributed by atoms with Gasteiger partial charge in [-0.3, -0.25) is 14.9 Å². The lowest BCUT2D eigenvalue weighted by Crippen LogP contribution is -2.27. The molecule has 1 amide bonds. The molecule has 1 aliphatic rings. The first-order chi connectivity index (χ1) is 11.0. The van der Waals surface area contributed by atoms with Gasteiger partial charge in [0.15, 0.2) is 0 Å². The van der Waals surface area contributed by atoms with E-state index in [1.807, 2.05) is 0 Å². The monoisotopic (exact) mass is 318 g/mol. The molecule has 5 nitrogen and oxygen atoms in total. The molecular formula is C18H26N2O3. The van der Waals surface area contributed by atoms with Crippen LogP contribution >= 0.6 is 0 Å². The summed E-state index contributed by atoms with van der Waals surface area (Å²) in [7, 11) is 0. The molecule has 0 heterocycles. The van der Waals surface area contributed by atoms with E-state index in [9.17, 15) is 14.9 Å². The Kier molecular flexibility index (Phi) is 6.13. The molecule has 0 aromatic heterocycles. The summed E-state index contributed by atoms with van der Waals surface area (Å²) in [4.78, 5) is 23.1. The normalized spacial score (nSPS) is 21.0. The van der Waals surface area contributed by atoms with Gasteiger partial charge in [0.2, 0.25) is 5.91 Å². The number of hydrogen-bond donors (Lipinski definition) is 1. The van der Waals surface area contributed by atoms with E-state index in [0.717, 1.165) is 37.2 Å². The molecule has 0 atom stereocenters. The summed E-state index contributed by atoms with van der Waals surface area (Å²) < 4.78 is 0. The van der Waals surface area contributed by atoms with Crippen molar-refractivity contribution in [3.05, 3.63) is 33.9 Å². The molecule has 5 heteroatoms. The van der Waals surface area contributed by atoms with Crippen molar-refractivity contribution in [1.82, 2.24) is 0 Å². The van der Waals surface area contributed by atoms with Crippen LogP contribution in [0.3, 0.4) is 0 Å². The Balaban J connectivity index is 1.94. The Morgan fingerprint density at radius 1 is 1.30 bits per heavy atom. The van der Waals surface area contributed by atoms with Crippen LogP contribution in [0.25, 0.3) is 0 Å². The van der Waals surface area contributed by atoms with Crippen molar-refractivity contribution in [2.45, 2.75) is 58.8 Å². The molecular weight excluding hydrogens is 292 g/mol. The molecule has 1 aromatic rings. The number of hydrogen-bond acceptors (Lipinski definition) is 3. The van der Waals surface area contributed by atoms with E-state index in [2.05, 4.69) is 12.2 Å². The van der Waals surface area contributed by atoms with E-state index >= 15 is 0 Å². The number of anilines is 1. The fourth-order valence-corrected chi connectivity index (χ4v) is 3.34. The molecule has 0 saturated heterocycles. The van der Waals surface area contributed by atoms with Gasteiger partial charge < -0.3 is 5.32 Å². The average Bonchev–Trinajstić information content (AvgIpc) is 2.54. The van der Waals surface area contributed by atoms with Gasteiger partial charge in [-0.1, -0.05) is 32.3 Å². The minimum Gasteiger partial charge on any atom is -0.320 e. The standard InChI is InChI=1S/C18H26N2O3/c1-3-4-5-14-7-9-15(10-8-14)18(21)19-16-11-6-13(2)12-17(16)20(22)23/h6,11-12,14-15H,3-5,7-10H2,1-2H3,(H,19,21). The van der Waals surface area contributed by atoms with Crippen molar-refractivity contribution < 1.29 is 9.72 Å². The van der Waals surface area contributed by atoms with Crippen molar-refractivity contribution in [2.75, 3.05) is 5.32 Å². The van der Waals surface area contributed by atoms with Crippen LogP contribution in [0.4, 0.5) is 11.4 Å². The fraction of sp³-hybridized carbons (Fsp3) is 0.611. The third-order valence-electron chi connectivity index (χ3n) is 4.79. The molecule has 1 aliphatic carbocycles. The zero-order valence-electron chi connectivity index (χ0n) is 14.0. The summed E-state index contributed by atoms with van der Waals surface area (Å²) in [6.45, 7) is 4.00. The van der Waals surface area contributed by atoms with Crippen molar-refractivity contribution in [1.29, 1.82) is 0 Å². The quantitative estimate of drug-likeness (QED) is 0.602. The predicted octanol–water partition coefficient (Wildman–Crippen LogP) is 4.84. The van der Waals surface area contributed by atoms with E-state index in [-0.39, 0.29) is 17.5 Å². The minimum atomic E-state index is -0.440. The van der Waals surface area contributed by atoms with Gasteiger partial charge in [-0.2, -0.15) is 0 Å². The first-order valence-electron chi connectivity index (χ1n) is 8.57. The van der Waals surface area contributed by atoms with Gasteiger partial charge in [-0.15, -0.1) is 0 Å². The summed E-state index contributed by atoms with van der Waals surface area (Å²) >= 11 is 0. The number of nitrogens with one attached hydrogen (secondary N) is 1. The first kappa shape index (κ1) is 17.4. The molecule has 126 valence electrons. The van der Waals surface area contributed by atoms with Crippen molar-refractivity contribution in [3.8, 4) is 0 Å². The van der Waals surface area contributed by atoms with E-state index in [0.29, 0.717) is 5.69 Å². The third kappa shape index (κ3) is 4.78. The third-order valence-corrected chi connectivity index (χ3v) is 4.79. The lowest BCUT2D eigenvalue weighted by Gasteiger charge is -2.27.